The Morgan fingerprint density at radius 3 is 1.68 bits per heavy atom. The molecule has 2 aromatic rings. The van der Waals surface area contributed by atoms with Crippen LogP contribution in [0, 0.1) is 0 Å². The number of hydrogen-bond acceptors (Lipinski definition) is 1. The van der Waals surface area contributed by atoms with Crippen molar-refractivity contribution in [2.75, 3.05) is 19.0 Å². The first-order chi connectivity index (χ1) is 15.2. The van der Waals surface area contributed by atoms with E-state index in [-0.39, 0.29) is 23.1 Å². The molecule has 0 bridgehead atoms. The van der Waals surface area contributed by atoms with Gasteiger partial charge in [0.2, 0.25) is 0 Å². The average molecular weight is 566 g/mol. The zero-order valence-corrected chi connectivity index (χ0v) is 23.0. The number of rotatable bonds is 5. The molecular formula is C26H36Cl2NPRu. The molecule has 4 rings (SSSR count). The minimum absolute atomic E-state index is 0.0867. The van der Waals surface area contributed by atoms with Gasteiger partial charge in [-0.3, -0.25) is 0 Å². The minimum atomic E-state index is -0.346. The van der Waals surface area contributed by atoms with E-state index in [0.29, 0.717) is 0 Å². The summed E-state index contributed by atoms with van der Waals surface area (Å²) in [5.41, 5.74) is 6.16. The van der Waals surface area contributed by atoms with E-state index in [0.717, 1.165) is 11.3 Å². The van der Waals surface area contributed by atoms with Crippen LogP contribution in [0.1, 0.15) is 64.2 Å². The zero-order valence-electron chi connectivity index (χ0n) is 18.8. The quantitative estimate of drug-likeness (QED) is 0.259. The van der Waals surface area contributed by atoms with Crippen LogP contribution in [0.3, 0.4) is 0 Å². The number of benzene rings is 2. The Hall–Kier alpha value is -0.127. The van der Waals surface area contributed by atoms with Gasteiger partial charge < -0.3 is 4.90 Å². The number of anilines is 1. The Morgan fingerprint density at radius 2 is 1.16 bits per heavy atom. The number of nitrogens with zero attached hydrogens (tertiary/aromatic N) is 1. The molecule has 1 nitrogen and oxygen atoms in total. The molecule has 0 aliphatic heterocycles. The van der Waals surface area contributed by atoms with E-state index in [2.05, 4.69) is 67.5 Å². The molecular weight excluding hydrogens is 529 g/mol. The standard InChI is InChI=1S/C26H36NP.2ClH.Ru/c1-27(2)25-19-11-9-17-23(25)24-18-10-12-20-26(24)28(21-13-5-3-6-14-21)22-15-7-4-8-16-22;;;/h9-12,17-22H,3-8,13-16H2,1-2H3;2*1H;/q;;;+2/p-2. The van der Waals surface area contributed by atoms with E-state index < -0.39 is 0 Å². The summed E-state index contributed by atoms with van der Waals surface area (Å²) in [6, 6.07) is 18.4. The first-order valence-electron chi connectivity index (χ1n) is 11.7. The molecule has 2 fully saturated rings. The Morgan fingerprint density at radius 1 is 0.710 bits per heavy atom. The summed E-state index contributed by atoms with van der Waals surface area (Å²) in [7, 11) is 14.0. The molecule has 172 valence electrons. The van der Waals surface area contributed by atoms with Crippen molar-refractivity contribution in [3.63, 3.8) is 0 Å². The summed E-state index contributed by atoms with van der Waals surface area (Å²) in [5, 5.41) is 1.70. The van der Waals surface area contributed by atoms with Crippen LogP contribution >= 0.6 is 27.3 Å². The maximum atomic E-state index is 4.85. The topological polar surface area (TPSA) is 3.24 Å². The third kappa shape index (κ3) is 6.93. The third-order valence-corrected chi connectivity index (χ3v) is 10.3. The Bertz CT molecular complexity index is 770. The second-order valence-corrected chi connectivity index (χ2v) is 14.4. The molecule has 0 saturated heterocycles. The Kier molecular flexibility index (Phi) is 11.1. The average Bonchev–Trinajstić information content (AvgIpc) is 2.82. The van der Waals surface area contributed by atoms with Gasteiger partial charge in [-0.05, 0) is 53.9 Å². The van der Waals surface area contributed by atoms with E-state index >= 15 is 0 Å². The van der Waals surface area contributed by atoms with Crippen LogP contribution < -0.4 is 10.2 Å². The van der Waals surface area contributed by atoms with E-state index in [4.69, 9.17) is 19.4 Å². The second kappa shape index (κ2) is 13.5. The van der Waals surface area contributed by atoms with E-state index in [1.54, 1.807) is 5.30 Å². The van der Waals surface area contributed by atoms with Gasteiger partial charge in [-0.15, -0.1) is 0 Å². The van der Waals surface area contributed by atoms with E-state index in [1.165, 1.54) is 81.0 Å². The van der Waals surface area contributed by atoms with Gasteiger partial charge in [0.25, 0.3) is 0 Å². The fourth-order valence-corrected chi connectivity index (χ4v) is 9.39. The van der Waals surface area contributed by atoms with Crippen LogP contribution in [0.4, 0.5) is 5.69 Å². The van der Waals surface area contributed by atoms with Crippen LogP contribution in [-0.4, -0.2) is 25.4 Å². The molecule has 2 aliphatic carbocycles. The predicted molar refractivity (Wildman–Crippen MR) is 138 cm³/mol. The second-order valence-electron chi connectivity index (χ2n) is 8.97. The summed E-state index contributed by atoms with van der Waals surface area (Å²) >= 11 is -0.346. The van der Waals surface area contributed by atoms with E-state index in [1.807, 2.05) is 0 Å². The summed E-state index contributed by atoms with van der Waals surface area (Å²) in [6.07, 6.45) is 14.6. The van der Waals surface area contributed by atoms with E-state index in [9.17, 15) is 0 Å². The van der Waals surface area contributed by atoms with Crippen LogP contribution in [0.15, 0.2) is 48.5 Å². The van der Waals surface area contributed by atoms with Gasteiger partial charge in [-0.25, -0.2) is 0 Å². The molecule has 0 N–H and O–H groups in total. The molecule has 2 aliphatic rings. The van der Waals surface area contributed by atoms with Gasteiger partial charge in [0.1, 0.15) is 0 Å². The number of para-hydroxylation sites is 1. The van der Waals surface area contributed by atoms with Crippen molar-refractivity contribution in [1.82, 2.24) is 0 Å². The molecule has 0 unspecified atom stereocenters. The first kappa shape index (κ1) is 25.5. The van der Waals surface area contributed by atoms with Crippen LogP contribution in [0.2, 0.25) is 0 Å². The summed E-state index contributed by atoms with van der Waals surface area (Å²) in [5.74, 6) is 0. The Labute approximate surface area is 206 Å². The number of hydrogen-bond donors (Lipinski definition) is 0. The van der Waals surface area contributed by atoms with Crippen LogP contribution in [-0.2, 0) is 15.1 Å². The number of halogens is 2. The molecule has 2 saturated carbocycles. The fourth-order valence-electron chi connectivity index (χ4n) is 5.43. The SMILES string of the molecule is CN(C)c1ccccc1-c1ccccc1P(C1CCCCC1)C1CCCCC1.[Cl][Ru][Cl]. The van der Waals surface area contributed by atoms with Crippen LogP contribution in [0.25, 0.3) is 11.1 Å². The van der Waals surface area contributed by atoms with Crippen molar-refractivity contribution in [1.29, 1.82) is 0 Å². The normalized spacial score (nSPS) is 18.0. The van der Waals surface area contributed by atoms with Gasteiger partial charge in [0.05, 0.1) is 0 Å². The van der Waals surface area contributed by atoms with Gasteiger partial charge in [-0.1, -0.05) is 88.9 Å². The summed E-state index contributed by atoms with van der Waals surface area (Å²) in [6.45, 7) is 0. The fraction of sp³-hybridized carbons (Fsp3) is 0.538. The molecule has 0 spiro atoms. The molecule has 0 aromatic heterocycles. The van der Waals surface area contributed by atoms with Gasteiger partial charge in [0.15, 0.2) is 0 Å². The van der Waals surface area contributed by atoms with Crippen LogP contribution in [0.5, 0.6) is 0 Å². The van der Waals surface area contributed by atoms with Gasteiger partial charge in [-0.2, -0.15) is 0 Å². The van der Waals surface area contributed by atoms with Crippen molar-refractivity contribution in [2.45, 2.75) is 75.5 Å². The monoisotopic (exact) mass is 565 g/mol. The van der Waals surface area contributed by atoms with Crippen molar-refractivity contribution in [2.24, 2.45) is 0 Å². The summed E-state index contributed by atoms with van der Waals surface area (Å²) < 4.78 is 0. The first-order valence-corrected chi connectivity index (χ1v) is 17.6. The molecule has 2 aromatic carbocycles. The molecule has 5 heteroatoms. The predicted octanol–water partition coefficient (Wildman–Crippen LogP) is 8.57. The molecule has 0 heterocycles. The molecule has 31 heavy (non-hydrogen) atoms. The maximum absolute atomic E-state index is 4.85. The molecule has 0 radical (unpaired) electrons. The third-order valence-electron chi connectivity index (χ3n) is 6.79. The molecule has 0 atom stereocenters. The van der Waals surface area contributed by atoms with Crippen molar-refractivity contribution in [3.8, 4) is 11.1 Å². The van der Waals surface area contributed by atoms with Crippen molar-refractivity contribution in [3.05, 3.63) is 48.5 Å². The van der Waals surface area contributed by atoms with Crippen molar-refractivity contribution >= 4 is 38.3 Å². The summed E-state index contributed by atoms with van der Waals surface area (Å²) in [4.78, 5) is 2.27. The molecule has 0 amide bonds. The van der Waals surface area contributed by atoms with Gasteiger partial charge >= 0.3 is 34.5 Å². The van der Waals surface area contributed by atoms with Gasteiger partial charge in [0, 0.05) is 25.3 Å². The Balaban J connectivity index is 0.000000858. The van der Waals surface area contributed by atoms with Crippen molar-refractivity contribution < 1.29 is 15.1 Å². The zero-order chi connectivity index (χ0) is 22.1.